The molecular weight excluding hydrogens is 230 g/mol. The normalized spacial score (nSPS) is 18.1. The van der Waals surface area contributed by atoms with Crippen LogP contribution in [0, 0.1) is 0 Å². The molecule has 0 bridgehead atoms. The van der Waals surface area contributed by atoms with Crippen molar-refractivity contribution >= 4 is 21.6 Å². The van der Waals surface area contributed by atoms with E-state index in [0.717, 1.165) is 22.3 Å². The molecule has 0 fully saturated rings. The largest absolute Gasteiger partial charge is 0.487 e. The minimum Gasteiger partial charge on any atom is -0.487 e. The van der Waals surface area contributed by atoms with E-state index in [-0.39, 0.29) is 5.60 Å². The van der Waals surface area contributed by atoms with Gasteiger partial charge in [-0.15, -0.1) is 0 Å². The third kappa shape index (κ3) is 1.53. The highest BCUT2D eigenvalue weighted by Crippen LogP contribution is 2.38. The molecule has 0 saturated carbocycles. The number of hydrogen-bond donors (Lipinski definition) is 1. The fraction of sp³-hybridized carbons (Fsp3) is 0.400. The summed E-state index contributed by atoms with van der Waals surface area (Å²) in [5, 5.41) is 0. The van der Waals surface area contributed by atoms with Crippen molar-refractivity contribution < 1.29 is 4.74 Å². The predicted molar refractivity (Wildman–Crippen MR) is 57.0 cm³/mol. The van der Waals surface area contributed by atoms with Crippen molar-refractivity contribution in [2.75, 3.05) is 5.73 Å². The van der Waals surface area contributed by atoms with Gasteiger partial charge in [-0.05, 0) is 41.9 Å². The SMILES string of the molecule is CC1(C)Cc2cc(N)c(Br)cc2O1. The average Bonchev–Trinajstić information content (AvgIpc) is 2.24. The Labute approximate surface area is 86.2 Å². The van der Waals surface area contributed by atoms with E-state index >= 15 is 0 Å². The predicted octanol–water partition coefficient (Wildman–Crippen LogP) is 2.74. The van der Waals surface area contributed by atoms with Crippen molar-refractivity contribution in [2.24, 2.45) is 0 Å². The van der Waals surface area contributed by atoms with Gasteiger partial charge in [0.15, 0.2) is 0 Å². The van der Waals surface area contributed by atoms with E-state index in [4.69, 9.17) is 10.5 Å². The van der Waals surface area contributed by atoms with Gasteiger partial charge in [-0.3, -0.25) is 0 Å². The van der Waals surface area contributed by atoms with Crippen molar-refractivity contribution in [3.63, 3.8) is 0 Å². The summed E-state index contributed by atoms with van der Waals surface area (Å²) in [4.78, 5) is 0. The standard InChI is InChI=1S/C10H12BrNO/c1-10(2)5-6-3-8(12)7(11)4-9(6)13-10/h3-4H,5,12H2,1-2H3. The summed E-state index contributed by atoms with van der Waals surface area (Å²) in [5.74, 6) is 0.950. The lowest BCUT2D eigenvalue weighted by atomic mass is 10.0. The fourth-order valence-corrected chi connectivity index (χ4v) is 1.97. The van der Waals surface area contributed by atoms with Gasteiger partial charge in [0, 0.05) is 22.1 Å². The first-order valence-corrected chi connectivity index (χ1v) is 5.04. The summed E-state index contributed by atoms with van der Waals surface area (Å²) in [6, 6.07) is 3.92. The summed E-state index contributed by atoms with van der Waals surface area (Å²) < 4.78 is 6.65. The van der Waals surface area contributed by atoms with Gasteiger partial charge in [-0.2, -0.15) is 0 Å². The highest BCUT2D eigenvalue weighted by Gasteiger charge is 2.30. The van der Waals surface area contributed by atoms with Crippen LogP contribution in [-0.4, -0.2) is 5.60 Å². The zero-order valence-electron chi connectivity index (χ0n) is 7.73. The van der Waals surface area contributed by atoms with E-state index in [9.17, 15) is 0 Å². The van der Waals surface area contributed by atoms with Crippen molar-refractivity contribution in [2.45, 2.75) is 25.9 Å². The molecule has 3 heteroatoms. The molecule has 0 aliphatic carbocycles. The van der Waals surface area contributed by atoms with Gasteiger partial charge >= 0.3 is 0 Å². The Bertz CT molecular complexity index is 327. The number of ether oxygens (including phenoxy) is 1. The maximum Gasteiger partial charge on any atom is 0.124 e. The van der Waals surface area contributed by atoms with E-state index < -0.39 is 0 Å². The zero-order valence-corrected chi connectivity index (χ0v) is 9.31. The number of hydrogen-bond acceptors (Lipinski definition) is 2. The summed E-state index contributed by atoms with van der Waals surface area (Å²) in [7, 11) is 0. The molecule has 0 aromatic heterocycles. The van der Waals surface area contributed by atoms with Crippen LogP contribution >= 0.6 is 15.9 Å². The van der Waals surface area contributed by atoms with Gasteiger partial charge in [-0.1, -0.05) is 0 Å². The molecule has 1 aliphatic rings. The maximum absolute atomic E-state index is 5.78. The van der Waals surface area contributed by atoms with Crippen LogP contribution in [0.3, 0.4) is 0 Å². The molecule has 0 spiro atoms. The lowest BCUT2D eigenvalue weighted by Crippen LogP contribution is -2.24. The average molecular weight is 242 g/mol. The third-order valence-electron chi connectivity index (χ3n) is 2.18. The zero-order chi connectivity index (χ0) is 9.64. The van der Waals surface area contributed by atoms with E-state index in [1.807, 2.05) is 12.1 Å². The second kappa shape index (κ2) is 2.64. The van der Waals surface area contributed by atoms with Gasteiger partial charge < -0.3 is 10.5 Å². The molecule has 13 heavy (non-hydrogen) atoms. The van der Waals surface area contributed by atoms with Crippen LogP contribution in [0.4, 0.5) is 5.69 Å². The van der Waals surface area contributed by atoms with Crippen molar-refractivity contribution in [3.05, 3.63) is 22.2 Å². The Morgan fingerprint density at radius 3 is 2.85 bits per heavy atom. The van der Waals surface area contributed by atoms with Crippen LogP contribution < -0.4 is 10.5 Å². The molecular formula is C10H12BrNO. The molecule has 1 aromatic carbocycles. The van der Waals surface area contributed by atoms with E-state index in [0.29, 0.717) is 0 Å². The summed E-state index contributed by atoms with van der Waals surface area (Å²) in [6.45, 7) is 4.16. The Hall–Kier alpha value is -0.700. The first-order valence-electron chi connectivity index (χ1n) is 4.25. The molecule has 1 aromatic rings. The Kier molecular flexibility index (Phi) is 1.80. The van der Waals surface area contributed by atoms with E-state index in [1.54, 1.807) is 0 Å². The molecule has 1 aliphatic heterocycles. The number of halogens is 1. The van der Waals surface area contributed by atoms with Crippen LogP contribution in [0.15, 0.2) is 16.6 Å². The number of rotatable bonds is 0. The lowest BCUT2D eigenvalue weighted by Gasteiger charge is -2.16. The van der Waals surface area contributed by atoms with E-state index in [2.05, 4.69) is 29.8 Å². The van der Waals surface area contributed by atoms with Crippen LogP contribution in [0.5, 0.6) is 5.75 Å². The van der Waals surface area contributed by atoms with Crippen molar-refractivity contribution in [1.29, 1.82) is 0 Å². The number of nitrogens with two attached hydrogens (primary N) is 1. The minimum absolute atomic E-state index is 0.0877. The first kappa shape index (κ1) is 8.88. The molecule has 2 nitrogen and oxygen atoms in total. The topological polar surface area (TPSA) is 35.2 Å². The molecule has 0 saturated heterocycles. The van der Waals surface area contributed by atoms with Crippen LogP contribution in [0.25, 0.3) is 0 Å². The fourth-order valence-electron chi connectivity index (χ4n) is 1.64. The molecule has 0 unspecified atom stereocenters. The molecule has 2 rings (SSSR count). The molecule has 1 heterocycles. The van der Waals surface area contributed by atoms with Gasteiger partial charge in [0.1, 0.15) is 11.4 Å². The van der Waals surface area contributed by atoms with Crippen molar-refractivity contribution in [1.82, 2.24) is 0 Å². The van der Waals surface area contributed by atoms with Crippen LogP contribution in [0.2, 0.25) is 0 Å². The maximum atomic E-state index is 5.78. The quantitative estimate of drug-likeness (QED) is 0.710. The second-order valence-electron chi connectivity index (χ2n) is 4.02. The summed E-state index contributed by atoms with van der Waals surface area (Å²) in [6.07, 6.45) is 0.930. The van der Waals surface area contributed by atoms with Gasteiger partial charge in [-0.25, -0.2) is 0 Å². The number of benzene rings is 1. The second-order valence-corrected chi connectivity index (χ2v) is 4.87. The summed E-state index contributed by atoms with van der Waals surface area (Å²) in [5.41, 5.74) is 7.67. The number of fused-ring (bicyclic) bond motifs is 1. The third-order valence-corrected chi connectivity index (χ3v) is 2.87. The highest BCUT2D eigenvalue weighted by atomic mass is 79.9. The highest BCUT2D eigenvalue weighted by molar-refractivity contribution is 9.10. The van der Waals surface area contributed by atoms with Gasteiger partial charge in [0.05, 0.1) is 0 Å². The van der Waals surface area contributed by atoms with Crippen LogP contribution in [0.1, 0.15) is 19.4 Å². The van der Waals surface area contributed by atoms with Gasteiger partial charge in [0.2, 0.25) is 0 Å². The monoisotopic (exact) mass is 241 g/mol. The lowest BCUT2D eigenvalue weighted by molar-refractivity contribution is 0.138. The first-order chi connectivity index (χ1) is 5.98. The minimum atomic E-state index is -0.0877. The molecule has 0 amide bonds. The van der Waals surface area contributed by atoms with Gasteiger partial charge in [0.25, 0.3) is 0 Å². The Morgan fingerprint density at radius 2 is 2.15 bits per heavy atom. The van der Waals surface area contributed by atoms with Crippen molar-refractivity contribution in [3.8, 4) is 5.75 Å². The number of anilines is 1. The van der Waals surface area contributed by atoms with E-state index in [1.165, 1.54) is 5.56 Å². The molecule has 70 valence electrons. The molecule has 0 atom stereocenters. The van der Waals surface area contributed by atoms with Crippen LogP contribution in [-0.2, 0) is 6.42 Å². The Balaban J connectivity index is 2.48. The molecule has 0 radical (unpaired) electrons. The smallest absolute Gasteiger partial charge is 0.124 e. The molecule has 2 N–H and O–H groups in total. The number of nitrogen functional groups attached to an aromatic ring is 1. The Morgan fingerprint density at radius 1 is 1.46 bits per heavy atom. The summed E-state index contributed by atoms with van der Waals surface area (Å²) >= 11 is 3.38.